The summed E-state index contributed by atoms with van der Waals surface area (Å²) in [7, 11) is 0. The van der Waals surface area contributed by atoms with E-state index in [9.17, 15) is 5.11 Å². The first-order valence-corrected chi connectivity index (χ1v) is 8.13. The first kappa shape index (κ1) is 16.8. The fraction of sp³-hybridized carbons (Fsp3) is 0.235. The molecule has 3 nitrogen and oxygen atoms in total. The lowest BCUT2D eigenvalue weighted by molar-refractivity contribution is 0.476. The van der Waals surface area contributed by atoms with E-state index in [-0.39, 0.29) is 11.2 Å². The molecule has 0 heterocycles. The van der Waals surface area contributed by atoms with E-state index in [1.165, 1.54) is 0 Å². The smallest absolute Gasteiger partial charge is 0.175 e. The highest BCUT2D eigenvalue weighted by Crippen LogP contribution is 2.30. The minimum Gasteiger partial charge on any atom is -0.506 e. The molecule has 0 saturated heterocycles. The molecule has 22 heavy (non-hydrogen) atoms. The highest BCUT2D eigenvalue weighted by atomic mass is 79.9. The van der Waals surface area contributed by atoms with Gasteiger partial charge in [-0.1, -0.05) is 42.8 Å². The maximum absolute atomic E-state index is 10.00. The summed E-state index contributed by atoms with van der Waals surface area (Å²) in [4.78, 5) is 0. The van der Waals surface area contributed by atoms with Crippen LogP contribution < -0.4 is 10.6 Å². The lowest BCUT2D eigenvalue weighted by atomic mass is 9.87. The van der Waals surface area contributed by atoms with Gasteiger partial charge in [-0.05, 0) is 59.6 Å². The summed E-state index contributed by atoms with van der Waals surface area (Å²) >= 11 is 8.69. The molecule has 0 radical (unpaired) electrons. The van der Waals surface area contributed by atoms with Crippen LogP contribution in [0.5, 0.6) is 5.75 Å². The lowest BCUT2D eigenvalue weighted by Gasteiger charge is -2.21. The van der Waals surface area contributed by atoms with E-state index in [1.54, 1.807) is 6.07 Å². The predicted molar refractivity (Wildman–Crippen MR) is 101 cm³/mol. The maximum Gasteiger partial charge on any atom is 0.175 e. The summed E-state index contributed by atoms with van der Waals surface area (Å²) in [6.45, 7) is 6.38. The van der Waals surface area contributed by atoms with Gasteiger partial charge >= 0.3 is 0 Å². The summed E-state index contributed by atoms with van der Waals surface area (Å²) in [5.41, 5.74) is 2.61. The van der Waals surface area contributed by atoms with Crippen LogP contribution in [-0.4, -0.2) is 10.2 Å². The van der Waals surface area contributed by atoms with Crippen molar-refractivity contribution in [1.29, 1.82) is 0 Å². The summed E-state index contributed by atoms with van der Waals surface area (Å²) in [6.07, 6.45) is 0. The van der Waals surface area contributed by atoms with Gasteiger partial charge in [0.25, 0.3) is 0 Å². The van der Waals surface area contributed by atoms with Crippen molar-refractivity contribution in [3.8, 4) is 5.75 Å². The van der Waals surface area contributed by atoms with E-state index < -0.39 is 0 Å². The summed E-state index contributed by atoms with van der Waals surface area (Å²) in [5.74, 6) is 0.174. The number of thiocarbonyl (C=S) groups is 1. The van der Waals surface area contributed by atoms with Gasteiger partial charge in [-0.25, -0.2) is 0 Å². The van der Waals surface area contributed by atoms with E-state index in [0.717, 1.165) is 15.7 Å². The summed E-state index contributed by atoms with van der Waals surface area (Å²) in [6, 6.07) is 13.2. The number of benzene rings is 2. The molecule has 0 aliphatic heterocycles. The Labute approximate surface area is 144 Å². The van der Waals surface area contributed by atoms with Gasteiger partial charge < -0.3 is 15.7 Å². The molecule has 2 rings (SSSR count). The highest BCUT2D eigenvalue weighted by molar-refractivity contribution is 9.10. The second kappa shape index (κ2) is 6.67. The minimum atomic E-state index is 0.00485. The zero-order valence-corrected chi connectivity index (χ0v) is 15.2. The van der Waals surface area contributed by atoms with Gasteiger partial charge in [0.05, 0.1) is 5.69 Å². The maximum atomic E-state index is 10.00. The molecular formula is C17H19BrN2OS. The zero-order valence-electron chi connectivity index (χ0n) is 12.8. The van der Waals surface area contributed by atoms with Gasteiger partial charge in [0.2, 0.25) is 0 Å². The third-order valence-corrected chi connectivity index (χ3v) is 3.95. The number of rotatable bonds is 2. The van der Waals surface area contributed by atoms with Crippen LogP contribution in [0.3, 0.4) is 0 Å². The number of phenolic OH excluding ortho intramolecular Hbond substituents is 1. The third-order valence-electron chi connectivity index (χ3n) is 3.21. The standard InChI is InChI=1S/C17H19BrN2OS/c1-17(2,3)11-4-9-15(21)14(10-11)20-16(22)19-13-7-5-12(18)6-8-13/h4-10,21H,1-3H3,(H2,19,20,22). The van der Waals surface area contributed by atoms with Gasteiger partial charge in [-0.15, -0.1) is 0 Å². The van der Waals surface area contributed by atoms with Crippen LogP contribution in [0.15, 0.2) is 46.9 Å². The number of nitrogens with one attached hydrogen (secondary N) is 2. The molecular weight excluding hydrogens is 360 g/mol. The van der Waals surface area contributed by atoms with Crippen molar-refractivity contribution >= 4 is 44.6 Å². The average Bonchev–Trinajstić information content (AvgIpc) is 2.42. The van der Waals surface area contributed by atoms with E-state index in [2.05, 4.69) is 47.3 Å². The molecule has 0 bridgehead atoms. The van der Waals surface area contributed by atoms with Gasteiger partial charge in [0, 0.05) is 10.2 Å². The van der Waals surface area contributed by atoms with Gasteiger partial charge in [-0.2, -0.15) is 0 Å². The highest BCUT2D eigenvalue weighted by Gasteiger charge is 2.15. The molecule has 0 aromatic heterocycles. The Hall–Kier alpha value is -1.59. The van der Waals surface area contributed by atoms with Crippen LogP contribution in [0.1, 0.15) is 26.3 Å². The van der Waals surface area contributed by atoms with Crippen molar-refractivity contribution in [1.82, 2.24) is 0 Å². The molecule has 0 amide bonds. The molecule has 0 saturated carbocycles. The predicted octanol–water partition coefficient (Wildman–Crippen LogP) is 5.26. The third kappa shape index (κ3) is 4.45. The molecule has 0 aliphatic rings. The van der Waals surface area contributed by atoms with Gasteiger partial charge in [-0.3, -0.25) is 0 Å². The Morgan fingerprint density at radius 3 is 2.27 bits per heavy atom. The molecule has 5 heteroatoms. The molecule has 2 aromatic rings. The molecule has 0 spiro atoms. The molecule has 0 unspecified atom stereocenters. The lowest BCUT2D eigenvalue weighted by Crippen LogP contribution is -2.20. The monoisotopic (exact) mass is 378 g/mol. The quantitative estimate of drug-likeness (QED) is 0.492. The number of hydrogen-bond acceptors (Lipinski definition) is 2. The van der Waals surface area contributed by atoms with E-state index in [4.69, 9.17) is 12.2 Å². The number of halogens is 1. The Bertz CT molecular complexity index is 678. The van der Waals surface area contributed by atoms with Crippen LogP contribution in [-0.2, 0) is 5.41 Å². The molecule has 116 valence electrons. The summed E-state index contributed by atoms with van der Waals surface area (Å²) in [5, 5.41) is 16.6. The topological polar surface area (TPSA) is 44.3 Å². The van der Waals surface area contributed by atoms with E-state index in [1.807, 2.05) is 36.4 Å². The second-order valence-corrected chi connectivity index (χ2v) is 7.39. The van der Waals surface area contributed by atoms with Crippen molar-refractivity contribution in [2.75, 3.05) is 10.6 Å². The van der Waals surface area contributed by atoms with Gasteiger partial charge in [0.15, 0.2) is 5.11 Å². The van der Waals surface area contributed by atoms with Crippen LogP contribution in [0.4, 0.5) is 11.4 Å². The zero-order chi connectivity index (χ0) is 16.3. The first-order chi connectivity index (χ1) is 10.3. The van der Waals surface area contributed by atoms with E-state index in [0.29, 0.717) is 10.8 Å². The number of aromatic hydroxyl groups is 1. The fourth-order valence-electron chi connectivity index (χ4n) is 1.92. The van der Waals surface area contributed by atoms with Crippen molar-refractivity contribution < 1.29 is 5.11 Å². The Balaban J connectivity index is 2.12. The van der Waals surface area contributed by atoms with Crippen LogP contribution >= 0.6 is 28.1 Å². The van der Waals surface area contributed by atoms with Crippen molar-refractivity contribution in [3.63, 3.8) is 0 Å². The first-order valence-electron chi connectivity index (χ1n) is 6.93. The Morgan fingerprint density at radius 1 is 1.05 bits per heavy atom. The van der Waals surface area contributed by atoms with Crippen molar-refractivity contribution in [2.45, 2.75) is 26.2 Å². The molecule has 0 atom stereocenters. The Morgan fingerprint density at radius 2 is 1.68 bits per heavy atom. The Kier molecular flexibility index (Phi) is 5.08. The van der Waals surface area contributed by atoms with Crippen LogP contribution in [0.25, 0.3) is 0 Å². The van der Waals surface area contributed by atoms with Crippen molar-refractivity contribution in [2.24, 2.45) is 0 Å². The van der Waals surface area contributed by atoms with Crippen molar-refractivity contribution in [3.05, 3.63) is 52.5 Å². The van der Waals surface area contributed by atoms with Crippen LogP contribution in [0, 0.1) is 0 Å². The second-order valence-electron chi connectivity index (χ2n) is 6.07. The fourth-order valence-corrected chi connectivity index (χ4v) is 2.41. The number of anilines is 2. The molecule has 2 aromatic carbocycles. The molecule has 3 N–H and O–H groups in total. The molecule has 0 aliphatic carbocycles. The number of phenols is 1. The average molecular weight is 379 g/mol. The summed E-state index contributed by atoms with van der Waals surface area (Å²) < 4.78 is 1.01. The molecule has 0 fully saturated rings. The van der Waals surface area contributed by atoms with Gasteiger partial charge in [0.1, 0.15) is 5.75 Å². The van der Waals surface area contributed by atoms with Crippen LogP contribution in [0.2, 0.25) is 0 Å². The normalized spacial score (nSPS) is 11.1. The largest absolute Gasteiger partial charge is 0.506 e. The SMILES string of the molecule is CC(C)(C)c1ccc(O)c(NC(=S)Nc2ccc(Br)cc2)c1. The minimum absolute atomic E-state index is 0.00485. The number of hydrogen-bond donors (Lipinski definition) is 3. The van der Waals surface area contributed by atoms with E-state index >= 15 is 0 Å².